The van der Waals surface area contributed by atoms with Crippen molar-refractivity contribution in [2.75, 3.05) is 27.3 Å². The van der Waals surface area contributed by atoms with Gasteiger partial charge in [-0.15, -0.1) is 0 Å². The second-order valence-electron chi connectivity index (χ2n) is 6.08. The van der Waals surface area contributed by atoms with Gasteiger partial charge in [-0.2, -0.15) is 0 Å². The lowest BCUT2D eigenvalue weighted by Gasteiger charge is -2.36. The minimum absolute atomic E-state index is 0.0954. The first kappa shape index (κ1) is 17.9. The van der Waals surface area contributed by atoms with E-state index in [-0.39, 0.29) is 18.7 Å². The number of hydrogen-bond acceptors (Lipinski definition) is 6. The Labute approximate surface area is 125 Å². The number of methoxy groups -OCH3 is 2. The molecule has 7 heteroatoms. The Morgan fingerprint density at radius 1 is 1.33 bits per heavy atom. The maximum Gasteiger partial charge on any atom is 0.410 e. The highest BCUT2D eigenvalue weighted by Gasteiger charge is 2.39. The zero-order valence-corrected chi connectivity index (χ0v) is 13.3. The third-order valence-electron chi connectivity index (χ3n) is 3.27. The first-order valence-corrected chi connectivity index (χ1v) is 6.94. The molecule has 0 spiro atoms. The van der Waals surface area contributed by atoms with Gasteiger partial charge in [-0.1, -0.05) is 0 Å². The lowest BCUT2D eigenvalue weighted by molar-refractivity contribution is -0.184. The van der Waals surface area contributed by atoms with Crippen molar-refractivity contribution in [1.29, 1.82) is 0 Å². The predicted molar refractivity (Wildman–Crippen MR) is 74.7 cm³/mol. The standard InChI is InChI=1S/C14H25NO6/c1-14(2,3)21-13(18)15-7-6-10(16)9(8-15)11(17)12(19-4)20-5/h9,11-12,17H,6-8H2,1-5H3/t9-,11-/m1/s1. The number of ether oxygens (including phenoxy) is 3. The van der Waals surface area contributed by atoms with E-state index in [4.69, 9.17) is 14.2 Å². The molecule has 0 bridgehead atoms. The number of aliphatic hydroxyl groups is 1. The molecule has 1 rings (SSSR count). The molecule has 0 radical (unpaired) electrons. The van der Waals surface area contributed by atoms with Crippen LogP contribution in [0.5, 0.6) is 0 Å². The third kappa shape index (κ3) is 4.94. The zero-order valence-electron chi connectivity index (χ0n) is 13.3. The monoisotopic (exact) mass is 303 g/mol. The number of carbonyl (C=O) groups is 2. The van der Waals surface area contributed by atoms with Crippen LogP contribution in [0.15, 0.2) is 0 Å². The van der Waals surface area contributed by atoms with Crippen LogP contribution in [-0.2, 0) is 19.0 Å². The zero-order chi connectivity index (χ0) is 16.2. The Balaban J connectivity index is 2.74. The van der Waals surface area contributed by atoms with Gasteiger partial charge in [-0.3, -0.25) is 4.79 Å². The summed E-state index contributed by atoms with van der Waals surface area (Å²) in [4.78, 5) is 25.5. The smallest absolute Gasteiger partial charge is 0.410 e. The Morgan fingerprint density at radius 3 is 2.38 bits per heavy atom. The Bertz CT molecular complexity index is 374. The van der Waals surface area contributed by atoms with Crippen molar-refractivity contribution in [2.45, 2.75) is 45.2 Å². The van der Waals surface area contributed by atoms with E-state index in [0.717, 1.165) is 0 Å². The average molecular weight is 303 g/mol. The summed E-state index contributed by atoms with van der Waals surface area (Å²) in [6, 6.07) is 0. The van der Waals surface area contributed by atoms with Crippen LogP contribution >= 0.6 is 0 Å². The quantitative estimate of drug-likeness (QED) is 0.773. The molecule has 2 atom stereocenters. The summed E-state index contributed by atoms with van der Waals surface area (Å²) >= 11 is 0. The molecule has 0 aromatic carbocycles. The topological polar surface area (TPSA) is 85.3 Å². The van der Waals surface area contributed by atoms with Crippen molar-refractivity contribution in [2.24, 2.45) is 5.92 Å². The number of nitrogens with zero attached hydrogens (tertiary/aromatic N) is 1. The van der Waals surface area contributed by atoms with Crippen molar-refractivity contribution >= 4 is 11.9 Å². The molecule has 0 saturated carbocycles. The fraction of sp³-hybridized carbons (Fsp3) is 0.857. The van der Waals surface area contributed by atoms with Crippen LogP contribution in [0.25, 0.3) is 0 Å². The normalized spacial score (nSPS) is 21.6. The van der Waals surface area contributed by atoms with Crippen LogP contribution in [0.2, 0.25) is 0 Å². The van der Waals surface area contributed by atoms with E-state index >= 15 is 0 Å². The lowest BCUT2D eigenvalue weighted by Crippen LogP contribution is -2.52. The third-order valence-corrected chi connectivity index (χ3v) is 3.27. The minimum Gasteiger partial charge on any atom is -0.444 e. The number of piperidine rings is 1. The van der Waals surface area contributed by atoms with Crippen LogP contribution < -0.4 is 0 Å². The van der Waals surface area contributed by atoms with Crippen LogP contribution in [0, 0.1) is 5.92 Å². The molecule has 0 aromatic rings. The number of ketones is 1. The van der Waals surface area contributed by atoms with Gasteiger partial charge < -0.3 is 24.2 Å². The van der Waals surface area contributed by atoms with Gasteiger partial charge in [0.05, 0.1) is 5.92 Å². The maximum atomic E-state index is 12.0. The van der Waals surface area contributed by atoms with Gasteiger partial charge in [0.15, 0.2) is 6.29 Å². The van der Waals surface area contributed by atoms with Gasteiger partial charge in [0.2, 0.25) is 0 Å². The number of rotatable bonds is 4. The maximum absolute atomic E-state index is 12.0. The van der Waals surface area contributed by atoms with E-state index in [1.54, 1.807) is 20.8 Å². The van der Waals surface area contributed by atoms with Gasteiger partial charge in [0.1, 0.15) is 17.5 Å². The second kappa shape index (κ2) is 7.20. The molecule has 1 N–H and O–H groups in total. The first-order valence-electron chi connectivity index (χ1n) is 6.94. The summed E-state index contributed by atoms with van der Waals surface area (Å²) in [6.45, 7) is 5.72. The van der Waals surface area contributed by atoms with E-state index < -0.39 is 30.0 Å². The molecule has 1 heterocycles. The fourth-order valence-corrected chi connectivity index (χ4v) is 2.22. The van der Waals surface area contributed by atoms with Crippen LogP contribution in [-0.4, -0.2) is 67.2 Å². The lowest BCUT2D eigenvalue weighted by atomic mass is 9.91. The second-order valence-corrected chi connectivity index (χ2v) is 6.08. The highest BCUT2D eigenvalue weighted by atomic mass is 16.7. The highest BCUT2D eigenvalue weighted by Crippen LogP contribution is 2.22. The summed E-state index contributed by atoms with van der Waals surface area (Å²) in [7, 11) is 2.77. The van der Waals surface area contributed by atoms with Crippen molar-refractivity contribution in [1.82, 2.24) is 4.90 Å². The number of amides is 1. The first-order chi connectivity index (χ1) is 9.69. The van der Waals surface area contributed by atoms with E-state index in [2.05, 4.69) is 0 Å². The number of Topliss-reactive ketones (excluding diaryl/α,β-unsaturated/α-hetero) is 1. The number of carbonyl (C=O) groups excluding carboxylic acids is 2. The molecule has 7 nitrogen and oxygen atoms in total. The molecule has 122 valence electrons. The summed E-state index contributed by atoms with van der Waals surface area (Å²) in [5.74, 6) is -0.849. The summed E-state index contributed by atoms with van der Waals surface area (Å²) in [5.41, 5.74) is -0.603. The van der Waals surface area contributed by atoms with Crippen LogP contribution in [0.3, 0.4) is 0 Å². The Morgan fingerprint density at radius 2 is 1.90 bits per heavy atom. The van der Waals surface area contributed by atoms with Crippen LogP contribution in [0.1, 0.15) is 27.2 Å². The number of hydrogen-bond donors (Lipinski definition) is 1. The van der Waals surface area contributed by atoms with Gasteiger partial charge in [0.25, 0.3) is 0 Å². The summed E-state index contributed by atoms with van der Waals surface area (Å²) in [6.07, 6.45) is -2.34. The van der Waals surface area contributed by atoms with Gasteiger partial charge in [0, 0.05) is 33.7 Å². The molecule has 0 aromatic heterocycles. The van der Waals surface area contributed by atoms with E-state index in [9.17, 15) is 14.7 Å². The van der Waals surface area contributed by atoms with Crippen LogP contribution in [0.4, 0.5) is 4.79 Å². The van der Waals surface area contributed by atoms with E-state index in [1.165, 1.54) is 19.1 Å². The number of aliphatic hydroxyl groups excluding tert-OH is 1. The molecular weight excluding hydrogens is 278 g/mol. The summed E-state index contributed by atoms with van der Waals surface area (Å²) < 4.78 is 15.2. The van der Waals surface area contributed by atoms with Crippen molar-refractivity contribution < 1.29 is 28.9 Å². The van der Waals surface area contributed by atoms with Crippen molar-refractivity contribution in [3.8, 4) is 0 Å². The molecule has 1 aliphatic rings. The highest BCUT2D eigenvalue weighted by molar-refractivity contribution is 5.84. The van der Waals surface area contributed by atoms with Gasteiger partial charge in [-0.25, -0.2) is 4.79 Å². The van der Waals surface area contributed by atoms with Crippen molar-refractivity contribution in [3.05, 3.63) is 0 Å². The average Bonchev–Trinajstić information content (AvgIpc) is 2.38. The molecule has 1 amide bonds. The molecule has 21 heavy (non-hydrogen) atoms. The molecule has 0 aliphatic carbocycles. The summed E-state index contributed by atoms with van der Waals surface area (Å²) in [5, 5.41) is 10.2. The van der Waals surface area contributed by atoms with Gasteiger partial charge >= 0.3 is 6.09 Å². The van der Waals surface area contributed by atoms with Crippen molar-refractivity contribution in [3.63, 3.8) is 0 Å². The fourth-order valence-electron chi connectivity index (χ4n) is 2.22. The SMILES string of the molecule is COC(OC)[C@H](O)[C@@H]1CN(C(=O)OC(C)(C)C)CCC1=O. The Hall–Kier alpha value is -1.18. The molecular formula is C14H25NO6. The predicted octanol–water partition coefficient (Wildman–Crippen LogP) is 0.792. The van der Waals surface area contributed by atoms with E-state index in [0.29, 0.717) is 6.54 Å². The molecule has 1 saturated heterocycles. The van der Waals surface area contributed by atoms with Gasteiger partial charge in [-0.05, 0) is 20.8 Å². The molecule has 1 aliphatic heterocycles. The Kier molecular flexibility index (Phi) is 6.12. The number of likely N-dealkylation sites (tertiary alicyclic amines) is 1. The molecule has 0 unspecified atom stereocenters. The molecule has 1 fully saturated rings. The van der Waals surface area contributed by atoms with E-state index in [1.807, 2.05) is 0 Å². The largest absolute Gasteiger partial charge is 0.444 e. The minimum atomic E-state index is -1.13.